The van der Waals surface area contributed by atoms with Crippen LogP contribution in [-0.4, -0.2) is 61.0 Å². The highest BCUT2D eigenvalue weighted by atomic mass is 19.1. The Balaban J connectivity index is 2.49. The van der Waals surface area contributed by atoms with Crippen LogP contribution in [0.5, 0.6) is 0 Å². The van der Waals surface area contributed by atoms with Gasteiger partial charge in [0, 0.05) is 6.20 Å². The van der Waals surface area contributed by atoms with E-state index in [0.29, 0.717) is 6.20 Å². The lowest BCUT2D eigenvalue weighted by Crippen LogP contribution is -2.59. The van der Waals surface area contributed by atoms with Gasteiger partial charge in [-0.3, -0.25) is 4.79 Å². The molecular formula is C10H13FN2O7. The Labute approximate surface area is 110 Å². The van der Waals surface area contributed by atoms with E-state index in [1.165, 1.54) is 0 Å². The number of rotatable bonds is 2. The van der Waals surface area contributed by atoms with Crippen LogP contribution in [0.4, 0.5) is 4.39 Å². The smallest absolute Gasteiger partial charge is 0.330 e. The average molecular weight is 292 g/mol. The Hall–Kier alpha value is -1.59. The quantitative estimate of drug-likeness (QED) is 0.383. The maximum atomic E-state index is 13.2. The summed E-state index contributed by atoms with van der Waals surface area (Å²) in [6.07, 6.45) is -7.78. The number of aromatic amines is 1. The molecule has 0 saturated carbocycles. The van der Waals surface area contributed by atoms with Crippen molar-refractivity contribution in [2.24, 2.45) is 0 Å². The molecule has 1 aliphatic heterocycles. The van der Waals surface area contributed by atoms with Gasteiger partial charge in [0.25, 0.3) is 5.56 Å². The van der Waals surface area contributed by atoms with Gasteiger partial charge in [0.2, 0.25) is 5.82 Å². The van der Waals surface area contributed by atoms with Gasteiger partial charge in [0.15, 0.2) is 6.23 Å². The van der Waals surface area contributed by atoms with Crippen LogP contribution in [0, 0.1) is 5.82 Å². The summed E-state index contributed by atoms with van der Waals surface area (Å²) in [7, 11) is 0. The lowest BCUT2D eigenvalue weighted by Gasteiger charge is -2.39. The first-order valence-corrected chi connectivity index (χ1v) is 5.68. The normalized spacial score (nSPS) is 34.1. The van der Waals surface area contributed by atoms with Crippen LogP contribution in [0.1, 0.15) is 6.23 Å². The molecule has 0 aliphatic carbocycles. The van der Waals surface area contributed by atoms with Gasteiger partial charge in [-0.25, -0.2) is 9.36 Å². The molecule has 0 amide bonds. The second kappa shape index (κ2) is 5.42. The minimum Gasteiger partial charge on any atom is -0.394 e. The summed E-state index contributed by atoms with van der Waals surface area (Å²) in [5, 5.41) is 37.9. The minimum absolute atomic E-state index is 0.234. The molecule has 9 nitrogen and oxygen atoms in total. The third-order valence-corrected chi connectivity index (χ3v) is 3.09. The molecule has 0 radical (unpaired) electrons. The summed E-state index contributed by atoms with van der Waals surface area (Å²) in [5.74, 6) is -1.29. The van der Waals surface area contributed by atoms with Crippen molar-refractivity contribution in [3.05, 3.63) is 32.9 Å². The molecular weight excluding hydrogens is 279 g/mol. The van der Waals surface area contributed by atoms with Gasteiger partial charge in [0.1, 0.15) is 24.4 Å². The van der Waals surface area contributed by atoms with Crippen molar-refractivity contribution in [2.75, 3.05) is 6.61 Å². The first-order valence-electron chi connectivity index (χ1n) is 5.68. The summed E-state index contributed by atoms with van der Waals surface area (Å²) in [6, 6.07) is 0. The molecule has 1 aromatic rings. The van der Waals surface area contributed by atoms with E-state index < -0.39 is 54.3 Å². The molecule has 1 saturated heterocycles. The fourth-order valence-corrected chi connectivity index (χ4v) is 1.99. The van der Waals surface area contributed by atoms with E-state index in [1.807, 2.05) is 4.98 Å². The predicted octanol–water partition coefficient (Wildman–Crippen LogP) is -3.35. The molecule has 1 unspecified atom stereocenters. The standard InChI is InChI=1S/C10H13FN2O7/c11-3-1-12-10(19)13(8(3)18)9-7(17)6(16)5(15)4(2-14)20-9/h1,4-7,9,14-17H,2H2,(H,12,19)/t4-,5+,6+,7-,9?/m1/s1. The molecule has 1 aliphatic rings. The molecule has 2 heterocycles. The van der Waals surface area contributed by atoms with Crippen molar-refractivity contribution >= 4 is 0 Å². The number of nitrogens with zero attached hydrogens (tertiary/aromatic N) is 1. The van der Waals surface area contributed by atoms with E-state index >= 15 is 0 Å². The van der Waals surface area contributed by atoms with Crippen molar-refractivity contribution < 1.29 is 29.6 Å². The second-order valence-corrected chi connectivity index (χ2v) is 4.34. The molecule has 0 bridgehead atoms. The highest BCUT2D eigenvalue weighted by molar-refractivity contribution is 4.95. The van der Waals surface area contributed by atoms with Crippen LogP contribution in [0.2, 0.25) is 0 Å². The molecule has 20 heavy (non-hydrogen) atoms. The SMILES string of the molecule is O=c1[nH]cc(F)c(=O)n1C1O[C@H](CO)[C@H](O)[C@H](O)[C@H]1O. The zero-order valence-electron chi connectivity index (χ0n) is 10.0. The van der Waals surface area contributed by atoms with Gasteiger partial charge in [0.05, 0.1) is 6.61 Å². The average Bonchev–Trinajstić information content (AvgIpc) is 2.43. The van der Waals surface area contributed by atoms with E-state index in [-0.39, 0.29) is 4.57 Å². The largest absolute Gasteiger partial charge is 0.394 e. The van der Waals surface area contributed by atoms with Crippen LogP contribution in [0.15, 0.2) is 15.8 Å². The van der Waals surface area contributed by atoms with Gasteiger partial charge in [-0.2, -0.15) is 4.39 Å². The predicted molar refractivity (Wildman–Crippen MR) is 60.3 cm³/mol. The van der Waals surface area contributed by atoms with Gasteiger partial charge >= 0.3 is 5.69 Å². The third kappa shape index (κ3) is 2.27. The summed E-state index contributed by atoms with van der Waals surface area (Å²) in [4.78, 5) is 25.1. The zero-order chi connectivity index (χ0) is 15.0. The molecule has 1 aromatic heterocycles. The molecule has 0 spiro atoms. The molecule has 5 N–H and O–H groups in total. The lowest BCUT2D eigenvalue weighted by molar-refractivity contribution is -0.253. The highest BCUT2D eigenvalue weighted by Crippen LogP contribution is 2.26. The Morgan fingerprint density at radius 2 is 1.90 bits per heavy atom. The summed E-state index contributed by atoms with van der Waals surface area (Å²) < 4.78 is 18.4. The van der Waals surface area contributed by atoms with E-state index in [9.17, 15) is 29.3 Å². The Morgan fingerprint density at radius 3 is 2.50 bits per heavy atom. The molecule has 1 fully saturated rings. The van der Waals surface area contributed by atoms with Crippen LogP contribution in [0.3, 0.4) is 0 Å². The maximum absolute atomic E-state index is 13.2. The number of hydrogen-bond acceptors (Lipinski definition) is 7. The van der Waals surface area contributed by atoms with Gasteiger partial charge in [-0.05, 0) is 0 Å². The Kier molecular flexibility index (Phi) is 4.01. The van der Waals surface area contributed by atoms with E-state index in [1.54, 1.807) is 0 Å². The van der Waals surface area contributed by atoms with Gasteiger partial charge < -0.3 is 30.1 Å². The number of hydrogen-bond donors (Lipinski definition) is 5. The summed E-state index contributed by atoms with van der Waals surface area (Å²) in [5.41, 5.74) is -2.43. The van der Waals surface area contributed by atoms with Crippen molar-refractivity contribution in [1.82, 2.24) is 9.55 Å². The van der Waals surface area contributed by atoms with Crippen LogP contribution >= 0.6 is 0 Å². The number of nitrogens with one attached hydrogen (secondary N) is 1. The maximum Gasteiger partial charge on any atom is 0.330 e. The first-order chi connectivity index (χ1) is 9.38. The Morgan fingerprint density at radius 1 is 1.25 bits per heavy atom. The summed E-state index contributed by atoms with van der Waals surface area (Å²) >= 11 is 0. The summed E-state index contributed by atoms with van der Waals surface area (Å²) in [6.45, 7) is -0.733. The van der Waals surface area contributed by atoms with Gasteiger partial charge in [-0.1, -0.05) is 0 Å². The van der Waals surface area contributed by atoms with Gasteiger partial charge in [-0.15, -0.1) is 0 Å². The van der Waals surface area contributed by atoms with Crippen molar-refractivity contribution in [3.8, 4) is 0 Å². The van der Waals surface area contributed by atoms with Crippen molar-refractivity contribution in [3.63, 3.8) is 0 Å². The van der Waals surface area contributed by atoms with E-state index in [0.717, 1.165) is 0 Å². The number of aliphatic hydroxyl groups excluding tert-OH is 4. The second-order valence-electron chi connectivity index (χ2n) is 4.34. The number of aliphatic hydroxyl groups is 4. The number of H-pyrrole nitrogens is 1. The molecule has 5 atom stereocenters. The zero-order valence-corrected chi connectivity index (χ0v) is 10.0. The number of halogens is 1. The van der Waals surface area contributed by atoms with E-state index in [2.05, 4.69) is 0 Å². The number of aromatic nitrogens is 2. The topological polar surface area (TPSA) is 145 Å². The fourth-order valence-electron chi connectivity index (χ4n) is 1.99. The Bertz CT molecular complexity index is 598. The monoisotopic (exact) mass is 292 g/mol. The molecule has 0 aromatic carbocycles. The first kappa shape index (κ1) is 14.8. The minimum atomic E-state index is -1.85. The highest BCUT2D eigenvalue weighted by Gasteiger charge is 2.45. The van der Waals surface area contributed by atoms with Crippen LogP contribution in [-0.2, 0) is 4.74 Å². The van der Waals surface area contributed by atoms with Crippen LogP contribution in [0.25, 0.3) is 0 Å². The van der Waals surface area contributed by atoms with Crippen molar-refractivity contribution in [1.29, 1.82) is 0 Å². The van der Waals surface area contributed by atoms with Crippen molar-refractivity contribution in [2.45, 2.75) is 30.6 Å². The lowest BCUT2D eigenvalue weighted by atomic mass is 9.98. The van der Waals surface area contributed by atoms with Crippen LogP contribution < -0.4 is 11.2 Å². The molecule has 112 valence electrons. The number of ether oxygens (including phenoxy) is 1. The molecule has 2 rings (SSSR count). The molecule has 10 heteroatoms. The third-order valence-electron chi connectivity index (χ3n) is 3.09. The fraction of sp³-hybridized carbons (Fsp3) is 0.600. The van der Waals surface area contributed by atoms with E-state index in [4.69, 9.17) is 9.84 Å².